The van der Waals surface area contributed by atoms with Crippen LogP contribution < -0.4 is 10.1 Å². The van der Waals surface area contributed by atoms with E-state index in [1.807, 2.05) is 59.3 Å². The summed E-state index contributed by atoms with van der Waals surface area (Å²) in [6, 6.07) is 24.9. The van der Waals surface area contributed by atoms with Crippen molar-refractivity contribution in [3.8, 4) is 28.4 Å². The molecular formula is C29H30N4O3. The van der Waals surface area contributed by atoms with Crippen molar-refractivity contribution in [2.75, 3.05) is 25.5 Å². The van der Waals surface area contributed by atoms with Crippen molar-refractivity contribution >= 4 is 11.6 Å². The van der Waals surface area contributed by atoms with Crippen LogP contribution in [0.5, 0.6) is 11.5 Å². The molecular weight excluding hydrogens is 452 g/mol. The zero-order valence-corrected chi connectivity index (χ0v) is 20.3. The number of anilines is 1. The molecule has 0 saturated carbocycles. The first-order chi connectivity index (χ1) is 17.6. The van der Waals surface area contributed by atoms with Gasteiger partial charge in [-0.05, 0) is 74.5 Å². The fourth-order valence-corrected chi connectivity index (χ4v) is 4.64. The highest BCUT2D eigenvalue weighted by Gasteiger charge is 2.26. The maximum Gasteiger partial charge on any atom is 0.227 e. The van der Waals surface area contributed by atoms with E-state index in [1.54, 1.807) is 31.4 Å². The molecule has 5 rings (SSSR count). The van der Waals surface area contributed by atoms with Gasteiger partial charge in [-0.25, -0.2) is 4.68 Å². The number of hydrogen-bond acceptors (Lipinski definition) is 5. The lowest BCUT2D eigenvalue weighted by molar-refractivity contribution is -0.121. The van der Waals surface area contributed by atoms with E-state index in [4.69, 9.17) is 9.84 Å². The number of nitrogens with zero attached hydrogens (tertiary/aromatic N) is 3. The highest BCUT2D eigenvalue weighted by atomic mass is 16.5. The third kappa shape index (κ3) is 5.26. The number of amides is 1. The molecule has 7 nitrogen and oxygen atoms in total. The van der Waals surface area contributed by atoms with Crippen molar-refractivity contribution in [2.45, 2.75) is 19.4 Å². The summed E-state index contributed by atoms with van der Waals surface area (Å²) in [5, 5.41) is 17.8. The third-order valence-electron chi connectivity index (χ3n) is 6.69. The lowest BCUT2D eigenvalue weighted by Gasteiger charge is -2.31. The molecule has 1 aromatic heterocycles. The summed E-state index contributed by atoms with van der Waals surface area (Å²) < 4.78 is 7.26. The minimum absolute atomic E-state index is 0.0352. The molecule has 0 bridgehead atoms. The summed E-state index contributed by atoms with van der Waals surface area (Å²) in [5.41, 5.74) is 4.60. The Morgan fingerprint density at radius 1 is 1.00 bits per heavy atom. The van der Waals surface area contributed by atoms with Crippen LogP contribution in [0.2, 0.25) is 0 Å². The van der Waals surface area contributed by atoms with E-state index in [2.05, 4.69) is 16.4 Å². The topological polar surface area (TPSA) is 79.6 Å². The first kappa shape index (κ1) is 23.6. The third-order valence-corrected chi connectivity index (χ3v) is 6.69. The quantitative estimate of drug-likeness (QED) is 0.358. The number of likely N-dealkylation sites (tertiary alicyclic amines) is 1. The van der Waals surface area contributed by atoms with Gasteiger partial charge in [-0.15, -0.1) is 0 Å². The first-order valence-corrected chi connectivity index (χ1v) is 12.2. The lowest BCUT2D eigenvalue weighted by atomic mass is 9.95. The number of piperidine rings is 1. The maximum absolute atomic E-state index is 12.8. The Labute approximate surface area is 211 Å². The predicted octanol–water partition coefficient (Wildman–Crippen LogP) is 5.10. The molecule has 1 aliphatic heterocycles. The molecule has 2 N–H and O–H groups in total. The van der Waals surface area contributed by atoms with Gasteiger partial charge in [0.15, 0.2) is 0 Å². The molecule has 0 radical (unpaired) electrons. The number of rotatable bonds is 7. The van der Waals surface area contributed by atoms with Gasteiger partial charge in [-0.3, -0.25) is 9.69 Å². The summed E-state index contributed by atoms with van der Waals surface area (Å²) in [6.45, 7) is 2.39. The maximum atomic E-state index is 12.8. The molecule has 3 aromatic carbocycles. The van der Waals surface area contributed by atoms with Crippen LogP contribution in [0, 0.1) is 5.92 Å². The van der Waals surface area contributed by atoms with Crippen LogP contribution in [-0.2, 0) is 11.3 Å². The number of methoxy groups -OCH3 is 1. The molecule has 2 heterocycles. The minimum Gasteiger partial charge on any atom is -0.506 e. The fourth-order valence-electron chi connectivity index (χ4n) is 4.64. The lowest BCUT2D eigenvalue weighted by Crippen LogP contribution is -2.37. The smallest absolute Gasteiger partial charge is 0.227 e. The Morgan fingerprint density at radius 2 is 1.69 bits per heavy atom. The molecule has 0 aliphatic carbocycles. The Balaban J connectivity index is 1.30. The highest BCUT2D eigenvalue weighted by molar-refractivity contribution is 5.93. The summed E-state index contributed by atoms with van der Waals surface area (Å²) in [5.74, 6) is 0.790. The van der Waals surface area contributed by atoms with Crippen LogP contribution >= 0.6 is 0 Å². The van der Waals surface area contributed by atoms with Crippen molar-refractivity contribution in [2.24, 2.45) is 5.92 Å². The van der Waals surface area contributed by atoms with Gasteiger partial charge in [-0.1, -0.05) is 30.3 Å². The number of nitrogens with one attached hydrogen (secondary N) is 1. The van der Waals surface area contributed by atoms with E-state index in [0.717, 1.165) is 60.7 Å². The van der Waals surface area contributed by atoms with Crippen molar-refractivity contribution in [3.05, 3.63) is 90.6 Å². The molecule has 0 unspecified atom stereocenters. The van der Waals surface area contributed by atoms with Gasteiger partial charge in [0.05, 0.1) is 24.2 Å². The van der Waals surface area contributed by atoms with Crippen LogP contribution in [0.15, 0.2) is 85.1 Å². The summed E-state index contributed by atoms with van der Waals surface area (Å²) >= 11 is 0. The zero-order chi connectivity index (χ0) is 24.9. The van der Waals surface area contributed by atoms with Gasteiger partial charge < -0.3 is 15.2 Å². The molecule has 36 heavy (non-hydrogen) atoms. The minimum atomic E-state index is -0.0750. The van der Waals surface area contributed by atoms with Crippen LogP contribution in [-0.4, -0.2) is 45.9 Å². The van der Waals surface area contributed by atoms with Crippen LogP contribution in [0.1, 0.15) is 18.4 Å². The molecule has 7 heteroatoms. The van der Waals surface area contributed by atoms with Gasteiger partial charge in [0.1, 0.15) is 11.5 Å². The summed E-state index contributed by atoms with van der Waals surface area (Å²) in [4.78, 5) is 15.2. The highest BCUT2D eigenvalue weighted by Crippen LogP contribution is 2.29. The van der Waals surface area contributed by atoms with E-state index < -0.39 is 0 Å². The van der Waals surface area contributed by atoms with Gasteiger partial charge in [0.25, 0.3) is 0 Å². The average Bonchev–Trinajstić information content (AvgIpc) is 3.34. The summed E-state index contributed by atoms with van der Waals surface area (Å²) in [6.07, 6.45) is 3.64. The number of carbonyl (C=O) groups is 1. The van der Waals surface area contributed by atoms with Gasteiger partial charge in [-0.2, -0.15) is 5.10 Å². The average molecular weight is 483 g/mol. The summed E-state index contributed by atoms with van der Waals surface area (Å²) in [7, 11) is 1.66. The van der Waals surface area contributed by atoms with Crippen LogP contribution in [0.25, 0.3) is 16.9 Å². The number of ether oxygens (including phenoxy) is 1. The molecule has 0 spiro atoms. The van der Waals surface area contributed by atoms with E-state index in [1.165, 1.54) is 0 Å². The molecule has 1 saturated heterocycles. The van der Waals surface area contributed by atoms with Crippen LogP contribution in [0.4, 0.5) is 5.69 Å². The zero-order valence-electron chi connectivity index (χ0n) is 20.3. The normalized spacial score (nSPS) is 14.5. The number of para-hydroxylation sites is 3. The Morgan fingerprint density at radius 3 is 2.39 bits per heavy atom. The number of hydrogen-bond donors (Lipinski definition) is 2. The van der Waals surface area contributed by atoms with Gasteiger partial charge in [0, 0.05) is 29.8 Å². The molecule has 0 atom stereocenters. The molecule has 184 valence electrons. The number of phenolic OH excluding ortho intramolecular Hbond substituents is 1. The second-order valence-electron chi connectivity index (χ2n) is 9.07. The largest absolute Gasteiger partial charge is 0.506 e. The van der Waals surface area contributed by atoms with E-state index in [0.29, 0.717) is 5.69 Å². The Kier molecular flexibility index (Phi) is 7.00. The van der Waals surface area contributed by atoms with E-state index in [9.17, 15) is 9.90 Å². The van der Waals surface area contributed by atoms with Crippen molar-refractivity contribution in [1.29, 1.82) is 0 Å². The second-order valence-corrected chi connectivity index (χ2v) is 9.07. The Bertz CT molecular complexity index is 1310. The van der Waals surface area contributed by atoms with Gasteiger partial charge >= 0.3 is 0 Å². The molecule has 1 amide bonds. The number of aromatic nitrogens is 2. The predicted molar refractivity (Wildman–Crippen MR) is 140 cm³/mol. The van der Waals surface area contributed by atoms with Crippen molar-refractivity contribution < 1.29 is 14.6 Å². The van der Waals surface area contributed by atoms with E-state index in [-0.39, 0.29) is 17.6 Å². The van der Waals surface area contributed by atoms with Crippen molar-refractivity contribution in [3.63, 3.8) is 0 Å². The second kappa shape index (κ2) is 10.7. The van der Waals surface area contributed by atoms with Crippen molar-refractivity contribution in [1.82, 2.24) is 14.7 Å². The van der Waals surface area contributed by atoms with Crippen LogP contribution in [0.3, 0.4) is 0 Å². The molecule has 4 aromatic rings. The number of phenols is 1. The molecule has 1 fully saturated rings. The van der Waals surface area contributed by atoms with Gasteiger partial charge in [0.2, 0.25) is 5.91 Å². The first-order valence-electron chi connectivity index (χ1n) is 12.2. The SMILES string of the molecule is COc1ccc(-c2nn(-c3ccccc3)cc2CN2CCC(C(=O)Nc3ccccc3O)CC2)cc1. The number of benzene rings is 3. The number of carbonyl (C=O) groups excluding carboxylic acids is 1. The Hall–Kier alpha value is -4.10. The standard InChI is InChI=1S/C29H30N4O3/c1-36-25-13-11-21(12-14-25)28-23(20-33(31-28)24-7-3-2-4-8-24)19-32-17-15-22(16-18-32)29(35)30-26-9-5-6-10-27(26)34/h2-14,20,22,34H,15-19H2,1H3,(H,30,35). The molecule has 1 aliphatic rings. The monoisotopic (exact) mass is 482 g/mol. The fraction of sp³-hybridized carbons (Fsp3) is 0.241. The van der Waals surface area contributed by atoms with E-state index >= 15 is 0 Å². The number of aromatic hydroxyl groups is 1.